The van der Waals surface area contributed by atoms with Crippen LogP contribution in [0.15, 0.2) is 30.3 Å². The molecule has 0 fully saturated rings. The Hall–Kier alpha value is -2.89. The summed E-state index contributed by atoms with van der Waals surface area (Å²) in [5.41, 5.74) is 2.14. The van der Waals surface area contributed by atoms with Crippen molar-refractivity contribution in [3.05, 3.63) is 41.5 Å². The zero-order chi connectivity index (χ0) is 21.2. The number of carbonyl (C=O) groups excluding carboxylic acids is 1. The SMILES string of the molecule is CCCCC(=O)Oc1c(OC)cc(CCc2ccc(OC)c(OC)c2)cc1OC. The van der Waals surface area contributed by atoms with E-state index in [0.29, 0.717) is 35.2 Å². The number of hydrogen-bond donors (Lipinski definition) is 0. The Morgan fingerprint density at radius 3 is 1.86 bits per heavy atom. The van der Waals surface area contributed by atoms with Crippen molar-refractivity contribution in [2.24, 2.45) is 0 Å². The molecule has 0 atom stereocenters. The van der Waals surface area contributed by atoms with E-state index < -0.39 is 0 Å². The summed E-state index contributed by atoms with van der Waals surface area (Å²) in [5, 5.41) is 0. The van der Waals surface area contributed by atoms with Crippen LogP contribution in [0.4, 0.5) is 0 Å². The van der Waals surface area contributed by atoms with Gasteiger partial charge in [0.05, 0.1) is 28.4 Å². The highest BCUT2D eigenvalue weighted by Crippen LogP contribution is 2.39. The maximum Gasteiger partial charge on any atom is 0.311 e. The molecule has 158 valence electrons. The summed E-state index contributed by atoms with van der Waals surface area (Å²) < 4.78 is 27.1. The maximum atomic E-state index is 12.1. The van der Waals surface area contributed by atoms with E-state index in [0.717, 1.165) is 36.8 Å². The summed E-state index contributed by atoms with van der Waals surface area (Å²) >= 11 is 0. The summed E-state index contributed by atoms with van der Waals surface area (Å²) in [6.07, 6.45) is 3.63. The molecule has 2 rings (SSSR count). The Bertz CT molecular complexity index is 790. The molecule has 0 amide bonds. The Balaban J connectivity index is 2.18. The Labute approximate surface area is 172 Å². The zero-order valence-electron chi connectivity index (χ0n) is 17.9. The van der Waals surface area contributed by atoms with Gasteiger partial charge in [0.1, 0.15) is 0 Å². The van der Waals surface area contributed by atoms with Crippen molar-refractivity contribution >= 4 is 5.97 Å². The summed E-state index contributed by atoms with van der Waals surface area (Å²) in [6.45, 7) is 2.03. The van der Waals surface area contributed by atoms with Gasteiger partial charge < -0.3 is 23.7 Å². The number of benzene rings is 2. The van der Waals surface area contributed by atoms with E-state index in [1.54, 1.807) is 28.4 Å². The van der Waals surface area contributed by atoms with E-state index in [9.17, 15) is 4.79 Å². The van der Waals surface area contributed by atoms with Crippen LogP contribution in [-0.4, -0.2) is 34.4 Å². The first-order chi connectivity index (χ1) is 14.1. The van der Waals surface area contributed by atoms with Gasteiger partial charge in [0, 0.05) is 6.42 Å². The average Bonchev–Trinajstić information content (AvgIpc) is 2.76. The van der Waals surface area contributed by atoms with Crippen LogP contribution < -0.4 is 23.7 Å². The van der Waals surface area contributed by atoms with Gasteiger partial charge in [0.2, 0.25) is 5.75 Å². The number of esters is 1. The molecule has 0 N–H and O–H groups in total. The van der Waals surface area contributed by atoms with Crippen LogP contribution in [0.25, 0.3) is 0 Å². The van der Waals surface area contributed by atoms with Crippen molar-refractivity contribution < 1.29 is 28.5 Å². The number of ether oxygens (including phenoxy) is 5. The Morgan fingerprint density at radius 2 is 1.31 bits per heavy atom. The van der Waals surface area contributed by atoms with Crippen LogP contribution in [0.1, 0.15) is 37.3 Å². The molecule has 0 aliphatic heterocycles. The molecule has 2 aromatic carbocycles. The lowest BCUT2D eigenvalue weighted by molar-refractivity contribution is -0.134. The maximum absolute atomic E-state index is 12.1. The minimum atomic E-state index is -0.290. The highest BCUT2D eigenvalue weighted by atomic mass is 16.6. The fourth-order valence-electron chi connectivity index (χ4n) is 2.99. The standard InChI is InChI=1S/C23H30O6/c1-6-7-8-22(24)29-23-20(27-4)14-17(15-21(23)28-5)10-9-16-11-12-18(25-2)19(13-16)26-3/h11-15H,6-10H2,1-5H3. The predicted molar refractivity (Wildman–Crippen MR) is 112 cm³/mol. The monoisotopic (exact) mass is 402 g/mol. The number of carbonyl (C=O) groups is 1. The molecule has 0 saturated heterocycles. The lowest BCUT2D eigenvalue weighted by Crippen LogP contribution is -2.10. The third-order valence-corrected chi connectivity index (χ3v) is 4.62. The van der Waals surface area contributed by atoms with Gasteiger partial charge >= 0.3 is 5.97 Å². The topological polar surface area (TPSA) is 63.2 Å². The molecule has 2 aromatic rings. The first-order valence-corrected chi connectivity index (χ1v) is 9.72. The van der Waals surface area contributed by atoms with E-state index in [1.165, 1.54) is 0 Å². The van der Waals surface area contributed by atoms with Crippen molar-refractivity contribution in [3.63, 3.8) is 0 Å². The van der Waals surface area contributed by atoms with Gasteiger partial charge in [0.25, 0.3) is 0 Å². The predicted octanol–water partition coefficient (Wildman–Crippen LogP) is 4.60. The number of rotatable bonds is 11. The van der Waals surface area contributed by atoms with E-state index in [2.05, 4.69) is 0 Å². The van der Waals surface area contributed by atoms with Gasteiger partial charge in [-0.2, -0.15) is 0 Å². The quantitative estimate of drug-likeness (QED) is 0.404. The second-order valence-electron chi connectivity index (χ2n) is 6.60. The number of unbranched alkanes of at least 4 members (excludes halogenated alkanes) is 1. The average molecular weight is 402 g/mol. The lowest BCUT2D eigenvalue weighted by atomic mass is 10.0. The van der Waals surface area contributed by atoms with Gasteiger partial charge in [-0.3, -0.25) is 4.79 Å². The first kappa shape index (κ1) is 22.4. The highest BCUT2D eigenvalue weighted by molar-refractivity contribution is 5.74. The Kier molecular flexibility index (Phi) is 8.65. The first-order valence-electron chi connectivity index (χ1n) is 9.72. The molecule has 0 aromatic heterocycles. The summed E-state index contributed by atoms with van der Waals surface area (Å²) in [4.78, 5) is 12.1. The van der Waals surface area contributed by atoms with E-state index in [1.807, 2.05) is 37.3 Å². The molecule has 0 spiro atoms. The van der Waals surface area contributed by atoms with Gasteiger partial charge in [-0.25, -0.2) is 0 Å². The lowest BCUT2D eigenvalue weighted by Gasteiger charge is -2.15. The summed E-state index contributed by atoms with van der Waals surface area (Å²) in [6, 6.07) is 9.64. The second-order valence-corrected chi connectivity index (χ2v) is 6.60. The molecular weight excluding hydrogens is 372 g/mol. The van der Waals surface area contributed by atoms with Crippen LogP contribution in [0.3, 0.4) is 0 Å². The van der Waals surface area contributed by atoms with Crippen molar-refractivity contribution in [2.75, 3.05) is 28.4 Å². The number of aryl methyl sites for hydroxylation is 2. The molecule has 6 heteroatoms. The van der Waals surface area contributed by atoms with Crippen LogP contribution in [-0.2, 0) is 17.6 Å². The zero-order valence-corrected chi connectivity index (χ0v) is 17.9. The fraction of sp³-hybridized carbons (Fsp3) is 0.435. The third-order valence-electron chi connectivity index (χ3n) is 4.62. The minimum Gasteiger partial charge on any atom is -0.493 e. The van der Waals surface area contributed by atoms with Crippen LogP contribution in [0.2, 0.25) is 0 Å². The number of methoxy groups -OCH3 is 4. The molecule has 0 bridgehead atoms. The van der Waals surface area contributed by atoms with E-state index in [4.69, 9.17) is 23.7 Å². The molecular formula is C23H30O6. The minimum absolute atomic E-state index is 0.290. The summed E-state index contributed by atoms with van der Waals surface area (Å²) in [7, 11) is 6.34. The van der Waals surface area contributed by atoms with Crippen LogP contribution in [0, 0.1) is 0 Å². The van der Waals surface area contributed by atoms with Crippen LogP contribution >= 0.6 is 0 Å². The van der Waals surface area contributed by atoms with Gasteiger partial charge in [-0.1, -0.05) is 19.4 Å². The second kappa shape index (κ2) is 11.2. The van der Waals surface area contributed by atoms with Crippen molar-refractivity contribution in [1.82, 2.24) is 0 Å². The van der Waals surface area contributed by atoms with Crippen molar-refractivity contribution in [1.29, 1.82) is 0 Å². The van der Waals surface area contributed by atoms with Gasteiger partial charge in [-0.15, -0.1) is 0 Å². The van der Waals surface area contributed by atoms with E-state index in [-0.39, 0.29) is 5.97 Å². The molecule has 0 unspecified atom stereocenters. The molecule has 0 saturated carbocycles. The van der Waals surface area contributed by atoms with Crippen molar-refractivity contribution in [2.45, 2.75) is 39.0 Å². The fourth-order valence-corrected chi connectivity index (χ4v) is 2.99. The smallest absolute Gasteiger partial charge is 0.311 e. The summed E-state index contributed by atoms with van der Waals surface area (Å²) in [5.74, 6) is 2.41. The molecule has 0 radical (unpaired) electrons. The third kappa shape index (κ3) is 6.04. The normalized spacial score (nSPS) is 10.4. The molecule has 0 aliphatic carbocycles. The van der Waals surface area contributed by atoms with Gasteiger partial charge in [0.15, 0.2) is 23.0 Å². The Morgan fingerprint density at radius 1 is 0.759 bits per heavy atom. The largest absolute Gasteiger partial charge is 0.493 e. The highest BCUT2D eigenvalue weighted by Gasteiger charge is 2.18. The molecule has 0 aliphatic rings. The molecule has 29 heavy (non-hydrogen) atoms. The van der Waals surface area contributed by atoms with Crippen LogP contribution in [0.5, 0.6) is 28.7 Å². The van der Waals surface area contributed by atoms with Gasteiger partial charge in [-0.05, 0) is 54.7 Å². The number of hydrogen-bond acceptors (Lipinski definition) is 6. The molecule has 0 heterocycles. The molecule has 6 nitrogen and oxygen atoms in total. The van der Waals surface area contributed by atoms with E-state index >= 15 is 0 Å². The van der Waals surface area contributed by atoms with Crippen molar-refractivity contribution in [3.8, 4) is 28.7 Å².